The molecule has 0 spiro atoms. The SMILES string of the molecule is O=C(c1nc2cnccc2s1)N1CCOc2cc(F)ccc21. The van der Waals surface area contributed by atoms with Gasteiger partial charge in [0.15, 0.2) is 5.01 Å². The van der Waals surface area contributed by atoms with Crippen LogP contribution in [0.3, 0.4) is 0 Å². The first-order valence-corrected chi connectivity index (χ1v) is 7.49. The smallest absolute Gasteiger partial charge is 0.287 e. The lowest BCUT2D eigenvalue weighted by molar-refractivity contribution is 0.0976. The third-order valence-corrected chi connectivity index (χ3v) is 4.43. The fourth-order valence-electron chi connectivity index (χ4n) is 2.39. The molecule has 0 fully saturated rings. The van der Waals surface area contributed by atoms with Crippen molar-refractivity contribution in [2.45, 2.75) is 0 Å². The maximum atomic E-state index is 13.3. The molecule has 3 aromatic rings. The Labute approximate surface area is 129 Å². The van der Waals surface area contributed by atoms with Gasteiger partial charge in [0.1, 0.15) is 23.7 Å². The van der Waals surface area contributed by atoms with Crippen LogP contribution in [-0.2, 0) is 0 Å². The van der Waals surface area contributed by atoms with Gasteiger partial charge in [0.2, 0.25) is 0 Å². The lowest BCUT2D eigenvalue weighted by Crippen LogP contribution is -2.37. The van der Waals surface area contributed by atoms with Gasteiger partial charge in [-0.3, -0.25) is 14.7 Å². The molecule has 0 unspecified atom stereocenters. The van der Waals surface area contributed by atoms with Crippen molar-refractivity contribution in [3.8, 4) is 5.75 Å². The largest absolute Gasteiger partial charge is 0.489 e. The Bertz CT molecular complexity index is 847. The minimum absolute atomic E-state index is 0.211. The summed E-state index contributed by atoms with van der Waals surface area (Å²) in [6, 6.07) is 5.98. The number of fused-ring (bicyclic) bond motifs is 2. The summed E-state index contributed by atoms with van der Waals surface area (Å²) in [6.07, 6.45) is 3.30. The molecule has 110 valence electrons. The third kappa shape index (κ3) is 2.10. The highest BCUT2D eigenvalue weighted by Crippen LogP contribution is 2.34. The van der Waals surface area contributed by atoms with E-state index < -0.39 is 0 Å². The molecule has 3 heterocycles. The molecule has 0 atom stereocenters. The highest BCUT2D eigenvalue weighted by Gasteiger charge is 2.27. The Balaban J connectivity index is 1.74. The van der Waals surface area contributed by atoms with Crippen LogP contribution in [0.2, 0.25) is 0 Å². The number of thiazole rings is 1. The minimum atomic E-state index is -0.390. The van der Waals surface area contributed by atoms with Gasteiger partial charge in [-0.2, -0.15) is 0 Å². The first-order chi connectivity index (χ1) is 10.7. The molecule has 1 amide bonds. The monoisotopic (exact) mass is 315 g/mol. The average Bonchev–Trinajstić information content (AvgIpc) is 2.97. The van der Waals surface area contributed by atoms with Crippen molar-refractivity contribution in [2.75, 3.05) is 18.1 Å². The third-order valence-electron chi connectivity index (χ3n) is 3.40. The van der Waals surface area contributed by atoms with E-state index >= 15 is 0 Å². The molecule has 0 bridgehead atoms. The van der Waals surface area contributed by atoms with Crippen molar-refractivity contribution in [1.82, 2.24) is 9.97 Å². The Hall–Kier alpha value is -2.54. The molecule has 5 nitrogen and oxygen atoms in total. The van der Waals surface area contributed by atoms with Gasteiger partial charge in [-0.1, -0.05) is 0 Å². The Morgan fingerprint density at radius 2 is 2.27 bits per heavy atom. The van der Waals surface area contributed by atoms with Crippen molar-refractivity contribution in [1.29, 1.82) is 0 Å². The van der Waals surface area contributed by atoms with Gasteiger partial charge >= 0.3 is 0 Å². The molecule has 2 aromatic heterocycles. The number of aromatic nitrogens is 2. The molecule has 0 saturated carbocycles. The van der Waals surface area contributed by atoms with Crippen LogP contribution in [0.5, 0.6) is 5.75 Å². The quantitative estimate of drug-likeness (QED) is 0.693. The van der Waals surface area contributed by atoms with Crippen LogP contribution in [0.15, 0.2) is 36.7 Å². The van der Waals surface area contributed by atoms with Crippen LogP contribution >= 0.6 is 11.3 Å². The zero-order valence-electron chi connectivity index (χ0n) is 11.3. The van der Waals surface area contributed by atoms with Gasteiger partial charge in [0.25, 0.3) is 5.91 Å². The molecule has 1 aromatic carbocycles. The molecule has 4 rings (SSSR count). The maximum Gasteiger partial charge on any atom is 0.287 e. The number of pyridine rings is 1. The fourth-order valence-corrected chi connectivity index (χ4v) is 3.27. The first kappa shape index (κ1) is 13.1. The number of carbonyl (C=O) groups excluding carboxylic acids is 1. The summed E-state index contributed by atoms with van der Waals surface area (Å²) in [5.74, 6) is -0.223. The molecule has 1 aliphatic rings. The van der Waals surface area contributed by atoms with Crippen LogP contribution in [0.1, 0.15) is 9.80 Å². The van der Waals surface area contributed by atoms with Crippen LogP contribution in [0.4, 0.5) is 10.1 Å². The number of nitrogens with zero attached hydrogens (tertiary/aromatic N) is 3. The van der Waals surface area contributed by atoms with E-state index in [2.05, 4.69) is 9.97 Å². The summed E-state index contributed by atoms with van der Waals surface area (Å²) in [5, 5.41) is 0.389. The minimum Gasteiger partial charge on any atom is -0.489 e. The summed E-state index contributed by atoms with van der Waals surface area (Å²) in [5.41, 5.74) is 1.26. The molecule has 0 radical (unpaired) electrons. The predicted octanol–water partition coefficient (Wildman–Crippen LogP) is 2.87. The van der Waals surface area contributed by atoms with Gasteiger partial charge in [-0.25, -0.2) is 9.37 Å². The van der Waals surface area contributed by atoms with E-state index in [1.165, 1.54) is 23.5 Å². The molecule has 1 aliphatic heterocycles. The second-order valence-electron chi connectivity index (χ2n) is 4.78. The highest BCUT2D eigenvalue weighted by molar-refractivity contribution is 7.20. The molecule has 7 heteroatoms. The molecule has 0 saturated heterocycles. The Morgan fingerprint density at radius 1 is 1.36 bits per heavy atom. The van der Waals surface area contributed by atoms with Crippen molar-refractivity contribution >= 4 is 33.1 Å². The highest BCUT2D eigenvalue weighted by atomic mass is 32.1. The van der Waals surface area contributed by atoms with Gasteiger partial charge in [-0.15, -0.1) is 11.3 Å². The summed E-state index contributed by atoms with van der Waals surface area (Å²) < 4.78 is 19.6. The Kier molecular flexibility index (Phi) is 3.00. The predicted molar refractivity (Wildman–Crippen MR) is 81.0 cm³/mol. The number of rotatable bonds is 1. The number of anilines is 1. The Morgan fingerprint density at radius 3 is 3.14 bits per heavy atom. The lowest BCUT2D eigenvalue weighted by Gasteiger charge is -2.28. The number of amides is 1. The van der Waals surface area contributed by atoms with E-state index in [0.29, 0.717) is 35.1 Å². The van der Waals surface area contributed by atoms with Crippen LogP contribution in [-0.4, -0.2) is 29.0 Å². The van der Waals surface area contributed by atoms with E-state index in [1.807, 2.05) is 6.07 Å². The van der Waals surface area contributed by atoms with E-state index in [4.69, 9.17) is 4.74 Å². The molecule has 0 N–H and O–H groups in total. The van der Waals surface area contributed by atoms with Crippen LogP contribution in [0.25, 0.3) is 10.2 Å². The zero-order valence-corrected chi connectivity index (χ0v) is 12.1. The normalized spacial score (nSPS) is 13.8. The van der Waals surface area contributed by atoms with Crippen LogP contribution < -0.4 is 9.64 Å². The standard InChI is InChI=1S/C15H10FN3O2S/c16-9-1-2-11-12(7-9)21-6-5-19(11)15(20)14-18-10-8-17-4-3-13(10)22-14/h1-4,7-8H,5-6H2. The second kappa shape index (κ2) is 5.03. The van der Waals surface area contributed by atoms with Crippen molar-refractivity contribution in [2.24, 2.45) is 0 Å². The van der Waals surface area contributed by atoms with E-state index in [1.54, 1.807) is 23.4 Å². The van der Waals surface area contributed by atoms with E-state index in [0.717, 1.165) is 4.70 Å². The zero-order chi connectivity index (χ0) is 15.1. The number of carbonyl (C=O) groups is 1. The fraction of sp³-hybridized carbons (Fsp3) is 0.133. The van der Waals surface area contributed by atoms with Crippen molar-refractivity contribution in [3.05, 3.63) is 47.5 Å². The summed E-state index contributed by atoms with van der Waals surface area (Å²) in [6.45, 7) is 0.736. The van der Waals surface area contributed by atoms with Crippen molar-refractivity contribution < 1.29 is 13.9 Å². The van der Waals surface area contributed by atoms with Gasteiger partial charge < -0.3 is 4.74 Å². The number of benzene rings is 1. The number of hydrogen-bond donors (Lipinski definition) is 0. The summed E-state index contributed by atoms with van der Waals surface area (Å²) >= 11 is 1.32. The number of ether oxygens (including phenoxy) is 1. The molecular formula is C15H10FN3O2S. The molecule has 0 aliphatic carbocycles. The number of hydrogen-bond acceptors (Lipinski definition) is 5. The van der Waals surface area contributed by atoms with Gasteiger partial charge in [-0.05, 0) is 18.2 Å². The molecular weight excluding hydrogens is 305 g/mol. The first-order valence-electron chi connectivity index (χ1n) is 6.67. The summed E-state index contributed by atoms with van der Waals surface area (Å²) in [7, 11) is 0. The van der Waals surface area contributed by atoms with Gasteiger partial charge in [0, 0.05) is 12.3 Å². The average molecular weight is 315 g/mol. The van der Waals surface area contributed by atoms with Crippen molar-refractivity contribution in [3.63, 3.8) is 0 Å². The van der Waals surface area contributed by atoms with Gasteiger partial charge in [0.05, 0.1) is 23.1 Å². The topological polar surface area (TPSA) is 55.3 Å². The lowest BCUT2D eigenvalue weighted by atomic mass is 10.2. The van der Waals surface area contributed by atoms with E-state index in [-0.39, 0.29) is 11.7 Å². The maximum absolute atomic E-state index is 13.3. The van der Waals surface area contributed by atoms with E-state index in [9.17, 15) is 9.18 Å². The number of halogens is 1. The molecule has 22 heavy (non-hydrogen) atoms. The second-order valence-corrected chi connectivity index (χ2v) is 5.81. The van der Waals surface area contributed by atoms with Crippen LogP contribution in [0, 0.1) is 5.82 Å². The summed E-state index contributed by atoms with van der Waals surface area (Å²) in [4.78, 5) is 22.6.